The van der Waals surface area contributed by atoms with E-state index in [-0.39, 0.29) is 23.9 Å². The molecule has 0 aliphatic carbocycles. The maximum absolute atomic E-state index is 12.2. The van der Waals surface area contributed by atoms with E-state index in [1.54, 1.807) is 36.0 Å². The van der Waals surface area contributed by atoms with Crippen LogP contribution in [-0.4, -0.2) is 39.4 Å². The van der Waals surface area contributed by atoms with Gasteiger partial charge in [-0.05, 0) is 42.3 Å². The Morgan fingerprint density at radius 3 is 2.39 bits per heavy atom. The molecular formula is C20H22Cl4N2O3S2. The molecule has 2 aromatic carbocycles. The van der Waals surface area contributed by atoms with E-state index in [0.717, 1.165) is 16.1 Å². The lowest BCUT2D eigenvalue weighted by Crippen LogP contribution is -2.32. The molecule has 0 saturated carbocycles. The van der Waals surface area contributed by atoms with Crippen LogP contribution < -0.4 is 9.62 Å². The topological polar surface area (TPSA) is 66.5 Å². The average molecular weight is 544 g/mol. The zero-order chi connectivity index (χ0) is 23.0. The lowest BCUT2D eigenvalue weighted by atomic mass is 10.2. The highest BCUT2D eigenvalue weighted by Gasteiger charge is 2.20. The van der Waals surface area contributed by atoms with Crippen LogP contribution in [0.1, 0.15) is 18.4 Å². The monoisotopic (exact) mass is 542 g/mol. The average Bonchev–Trinajstić information content (AvgIpc) is 2.68. The summed E-state index contributed by atoms with van der Waals surface area (Å²) in [5.41, 5.74) is 1.18. The Morgan fingerprint density at radius 1 is 1.06 bits per heavy atom. The van der Waals surface area contributed by atoms with Gasteiger partial charge in [-0.2, -0.15) is 11.8 Å². The zero-order valence-corrected chi connectivity index (χ0v) is 21.4. The Kier molecular flexibility index (Phi) is 10.6. The summed E-state index contributed by atoms with van der Waals surface area (Å²) < 4.78 is 25.5. The minimum absolute atomic E-state index is 0.117. The van der Waals surface area contributed by atoms with Crippen molar-refractivity contribution in [1.82, 2.24) is 5.32 Å². The normalized spacial score (nSPS) is 11.4. The van der Waals surface area contributed by atoms with Crippen molar-refractivity contribution < 1.29 is 13.2 Å². The number of nitrogens with zero attached hydrogens (tertiary/aromatic N) is 1. The molecule has 0 atom stereocenters. The second-order valence-electron chi connectivity index (χ2n) is 6.64. The Balaban J connectivity index is 1.76. The quantitative estimate of drug-likeness (QED) is 0.358. The van der Waals surface area contributed by atoms with Gasteiger partial charge < -0.3 is 5.32 Å². The molecule has 0 aromatic heterocycles. The molecule has 0 aliphatic rings. The minimum atomic E-state index is -3.58. The van der Waals surface area contributed by atoms with Gasteiger partial charge in [0.05, 0.1) is 17.0 Å². The van der Waals surface area contributed by atoms with Crippen LogP contribution in [0.3, 0.4) is 0 Å². The molecule has 2 rings (SSSR count). The summed E-state index contributed by atoms with van der Waals surface area (Å²) in [7, 11) is -3.58. The molecule has 1 amide bonds. The molecule has 11 heteroatoms. The molecule has 0 unspecified atom stereocenters. The van der Waals surface area contributed by atoms with Gasteiger partial charge in [-0.25, -0.2) is 8.42 Å². The molecule has 0 saturated heterocycles. The highest BCUT2D eigenvalue weighted by atomic mass is 35.5. The SMILES string of the molecule is CS(=O)(=O)N(CCCC(=O)NCCSCc1c(Cl)cccc1Cl)c1cc(Cl)ccc1Cl. The third kappa shape index (κ3) is 8.56. The molecule has 2 aromatic rings. The highest BCUT2D eigenvalue weighted by Crippen LogP contribution is 2.31. The number of carbonyl (C=O) groups is 1. The second kappa shape index (κ2) is 12.4. The maximum atomic E-state index is 12.2. The number of anilines is 1. The molecular weight excluding hydrogens is 522 g/mol. The molecule has 0 heterocycles. The first-order valence-electron chi connectivity index (χ1n) is 9.29. The van der Waals surface area contributed by atoms with Crippen LogP contribution in [0.5, 0.6) is 0 Å². The Hall–Kier alpha value is -0.830. The van der Waals surface area contributed by atoms with Gasteiger partial charge in [-0.1, -0.05) is 52.5 Å². The third-order valence-corrected chi connectivity index (χ3v) is 7.65. The lowest BCUT2D eigenvalue weighted by Gasteiger charge is -2.23. The van der Waals surface area contributed by atoms with Crippen molar-refractivity contribution in [2.75, 3.05) is 29.4 Å². The first-order valence-corrected chi connectivity index (χ1v) is 13.8. The summed E-state index contributed by atoms with van der Waals surface area (Å²) in [4.78, 5) is 12.1. The number of rotatable bonds is 11. The van der Waals surface area contributed by atoms with E-state index >= 15 is 0 Å². The van der Waals surface area contributed by atoms with Gasteiger partial charge in [-0.15, -0.1) is 0 Å². The molecule has 0 fully saturated rings. The van der Waals surface area contributed by atoms with E-state index < -0.39 is 10.0 Å². The summed E-state index contributed by atoms with van der Waals surface area (Å²) in [6.45, 7) is 0.605. The van der Waals surface area contributed by atoms with Crippen molar-refractivity contribution in [3.63, 3.8) is 0 Å². The van der Waals surface area contributed by atoms with E-state index in [9.17, 15) is 13.2 Å². The molecule has 170 valence electrons. The molecule has 0 radical (unpaired) electrons. The zero-order valence-electron chi connectivity index (χ0n) is 16.7. The predicted molar refractivity (Wildman–Crippen MR) is 134 cm³/mol. The van der Waals surface area contributed by atoms with E-state index in [1.807, 2.05) is 0 Å². The van der Waals surface area contributed by atoms with Crippen molar-refractivity contribution in [2.24, 2.45) is 0 Å². The van der Waals surface area contributed by atoms with Crippen molar-refractivity contribution in [3.05, 3.63) is 62.1 Å². The number of thioether (sulfide) groups is 1. The Labute approximate surface area is 207 Å². The number of hydrogen-bond acceptors (Lipinski definition) is 4. The van der Waals surface area contributed by atoms with Gasteiger partial charge in [0.2, 0.25) is 15.9 Å². The number of amides is 1. The first kappa shape index (κ1) is 26.4. The smallest absolute Gasteiger partial charge is 0.232 e. The van der Waals surface area contributed by atoms with Gasteiger partial charge in [0.25, 0.3) is 0 Å². The van der Waals surface area contributed by atoms with Crippen LogP contribution in [0.2, 0.25) is 20.1 Å². The Bertz CT molecular complexity index is 999. The largest absolute Gasteiger partial charge is 0.355 e. The molecule has 0 bridgehead atoms. The van der Waals surface area contributed by atoms with E-state index in [2.05, 4.69) is 5.32 Å². The summed E-state index contributed by atoms with van der Waals surface area (Å²) in [6.07, 6.45) is 1.61. The summed E-state index contributed by atoms with van der Waals surface area (Å²) >= 11 is 26.0. The molecule has 0 spiro atoms. The first-order chi connectivity index (χ1) is 14.6. The van der Waals surface area contributed by atoms with Crippen LogP contribution in [0.4, 0.5) is 5.69 Å². The standard InChI is InChI=1S/C20H22Cl4N2O3S2/c1-31(28,29)26(19-12-14(21)7-8-18(19)24)10-3-6-20(27)25-9-11-30-13-15-16(22)4-2-5-17(15)23/h2,4-5,7-8,12H,3,6,9-11,13H2,1H3,(H,25,27). The third-order valence-electron chi connectivity index (χ3n) is 4.22. The van der Waals surface area contributed by atoms with Crippen LogP contribution in [0.25, 0.3) is 0 Å². The van der Waals surface area contributed by atoms with Crippen LogP contribution >= 0.6 is 58.2 Å². The number of carbonyl (C=O) groups excluding carboxylic acids is 1. The predicted octanol–water partition coefficient (Wildman–Crippen LogP) is 5.90. The van der Waals surface area contributed by atoms with Gasteiger partial charge in [0.1, 0.15) is 0 Å². The number of sulfonamides is 1. The molecule has 5 nitrogen and oxygen atoms in total. The fourth-order valence-electron chi connectivity index (χ4n) is 2.72. The number of benzene rings is 2. The lowest BCUT2D eigenvalue weighted by molar-refractivity contribution is -0.121. The molecule has 0 aliphatic heterocycles. The van der Waals surface area contributed by atoms with Crippen molar-refractivity contribution >= 4 is 79.8 Å². The van der Waals surface area contributed by atoms with Gasteiger partial charge >= 0.3 is 0 Å². The van der Waals surface area contributed by atoms with Crippen molar-refractivity contribution in [1.29, 1.82) is 0 Å². The van der Waals surface area contributed by atoms with Crippen molar-refractivity contribution in [3.8, 4) is 0 Å². The summed E-state index contributed by atoms with van der Waals surface area (Å²) in [5, 5.41) is 4.73. The second-order valence-corrected chi connectivity index (χ2v) is 11.3. The fraction of sp³-hybridized carbons (Fsp3) is 0.350. The number of nitrogens with one attached hydrogen (secondary N) is 1. The van der Waals surface area contributed by atoms with Crippen LogP contribution in [-0.2, 0) is 20.6 Å². The van der Waals surface area contributed by atoms with E-state index in [1.165, 1.54) is 12.1 Å². The Morgan fingerprint density at radius 2 is 1.74 bits per heavy atom. The van der Waals surface area contributed by atoms with E-state index in [0.29, 0.717) is 45.2 Å². The van der Waals surface area contributed by atoms with Crippen LogP contribution in [0, 0.1) is 0 Å². The summed E-state index contributed by atoms with van der Waals surface area (Å²) in [5.74, 6) is 1.20. The highest BCUT2D eigenvalue weighted by molar-refractivity contribution is 7.98. The van der Waals surface area contributed by atoms with Gasteiger partial charge in [-0.3, -0.25) is 9.10 Å². The van der Waals surface area contributed by atoms with Gasteiger partial charge in [0.15, 0.2) is 0 Å². The fourth-order valence-corrected chi connectivity index (χ4v) is 5.72. The number of hydrogen-bond donors (Lipinski definition) is 1. The van der Waals surface area contributed by atoms with Gasteiger partial charge in [0, 0.05) is 46.1 Å². The maximum Gasteiger partial charge on any atom is 0.232 e. The minimum Gasteiger partial charge on any atom is -0.355 e. The summed E-state index contributed by atoms with van der Waals surface area (Å²) in [6, 6.07) is 10.00. The molecule has 1 N–H and O–H groups in total. The number of halogens is 4. The molecule has 31 heavy (non-hydrogen) atoms. The van der Waals surface area contributed by atoms with Crippen molar-refractivity contribution in [2.45, 2.75) is 18.6 Å². The van der Waals surface area contributed by atoms with E-state index in [4.69, 9.17) is 46.4 Å². The van der Waals surface area contributed by atoms with Crippen LogP contribution in [0.15, 0.2) is 36.4 Å².